The molecule has 0 unspecified atom stereocenters. The Kier molecular flexibility index (Phi) is 2.04. The second kappa shape index (κ2) is 2.58. The summed E-state index contributed by atoms with van der Waals surface area (Å²) in [5.41, 5.74) is 1.73. The van der Waals surface area contributed by atoms with Crippen molar-refractivity contribution in [2.45, 2.75) is 18.1 Å². The van der Waals surface area contributed by atoms with Gasteiger partial charge in [0.1, 0.15) is 4.21 Å². The van der Waals surface area contributed by atoms with Crippen molar-refractivity contribution in [3.8, 4) is 0 Å². The van der Waals surface area contributed by atoms with Crippen molar-refractivity contribution in [3.63, 3.8) is 0 Å². The molecule has 0 spiro atoms. The van der Waals surface area contributed by atoms with Crippen LogP contribution in [0, 0.1) is 13.8 Å². The summed E-state index contributed by atoms with van der Waals surface area (Å²) in [6, 6.07) is 0. The van der Waals surface area contributed by atoms with E-state index in [4.69, 9.17) is 5.14 Å². The molecule has 62 valence electrons. The van der Waals surface area contributed by atoms with E-state index in [9.17, 15) is 8.42 Å². The van der Waals surface area contributed by atoms with Crippen LogP contribution in [-0.4, -0.2) is 8.42 Å². The van der Waals surface area contributed by atoms with Gasteiger partial charge in [-0.1, -0.05) is 0 Å². The summed E-state index contributed by atoms with van der Waals surface area (Å²) >= 11 is 1.17. The van der Waals surface area contributed by atoms with Crippen LogP contribution in [0.2, 0.25) is 0 Å². The van der Waals surface area contributed by atoms with Crippen LogP contribution in [0.1, 0.15) is 11.1 Å². The maximum absolute atomic E-state index is 10.9. The fourth-order valence-corrected chi connectivity index (χ4v) is 2.83. The number of primary sulfonamides is 1. The Morgan fingerprint density at radius 1 is 1.45 bits per heavy atom. The van der Waals surface area contributed by atoms with E-state index < -0.39 is 10.0 Å². The molecule has 0 saturated heterocycles. The Balaban J connectivity index is 3.38. The summed E-state index contributed by atoms with van der Waals surface area (Å²) in [4.78, 5) is 0. The highest BCUT2D eigenvalue weighted by atomic mass is 32.2. The van der Waals surface area contributed by atoms with E-state index in [1.54, 1.807) is 12.3 Å². The van der Waals surface area contributed by atoms with Crippen molar-refractivity contribution < 1.29 is 8.42 Å². The molecule has 1 aromatic rings. The van der Waals surface area contributed by atoms with E-state index in [0.29, 0.717) is 0 Å². The molecule has 1 rings (SSSR count). The SMILES string of the molecule is Cc1csc(S(N)(=O)=O)c1C. The quantitative estimate of drug-likeness (QED) is 0.720. The number of sulfonamides is 1. The smallest absolute Gasteiger partial charge is 0.224 e. The van der Waals surface area contributed by atoms with Crippen molar-refractivity contribution >= 4 is 21.4 Å². The molecule has 0 aliphatic rings. The Bertz CT molecular complexity index is 364. The maximum Gasteiger partial charge on any atom is 0.247 e. The van der Waals surface area contributed by atoms with Gasteiger partial charge in [-0.15, -0.1) is 11.3 Å². The minimum Gasteiger partial charge on any atom is -0.224 e. The maximum atomic E-state index is 10.9. The molecule has 1 heterocycles. The fourth-order valence-electron chi connectivity index (χ4n) is 0.760. The van der Waals surface area contributed by atoms with E-state index in [2.05, 4.69) is 0 Å². The first kappa shape index (κ1) is 8.70. The van der Waals surface area contributed by atoms with Crippen molar-refractivity contribution in [1.29, 1.82) is 0 Å². The average Bonchev–Trinajstić information content (AvgIpc) is 2.11. The molecule has 0 atom stereocenters. The van der Waals surface area contributed by atoms with Crippen molar-refractivity contribution in [1.82, 2.24) is 0 Å². The molecule has 0 aliphatic heterocycles. The van der Waals surface area contributed by atoms with Crippen molar-refractivity contribution in [2.24, 2.45) is 5.14 Å². The third kappa shape index (κ3) is 1.61. The molecule has 5 heteroatoms. The fraction of sp³-hybridized carbons (Fsp3) is 0.333. The highest BCUT2D eigenvalue weighted by Crippen LogP contribution is 2.24. The first-order chi connectivity index (χ1) is 4.93. The number of rotatable bonds is 1. The molecule has 0 radical (unpaired) electrons. The molecular weight excluding hydrogens is 182 g/mol. The zero-order valence-electron chi connectivity index (χ0n) is 6.29. The molecule has 2 N–H and O–H groups in total. The lowest BCUT2D eigenvalue weighted by molar-refractivity contribution is 0.599. The normalized spacial score (nSPS) is 11.9. The van der Waals surface area contributed by atoms with E-state index >= 15 is 0 Å². The molecule has 11 heavy (non-hydrogen) atoms. The van der Waals surface area contributed by atoms with Gasteiger partial charge in [0.05, 0.1) is 0 Å². The Labute approximate surface area is 69.9 Å². The molecule has 3 nitrogen and oxygen atoms in total. The van der Waals surface area contributed by atoms with Gasteiger partial charge in [0.2, 0.25) is 10.0 Å². The minimum atomic E-state index is -3.49. The largest absolute Gasteiger partial charge is 0.247 e. The second-order valence-electron chi connectivity index (χ2n) is 2.38. The van der Waals surface area contributed by atoms with Gasteiger partial charge >= 0.3 is 0 Å². The standard InChI is InChI=1S/C6H9NO2S2/c1-4-3-10-6(5(4)2)11(7,8)9/h3H,1-2H3,(H2,7,8,9). The molecule has 0 aliphatic carbocycles. The van der Waals surface area contributed by atoms with E-state index in [1.807, 2.05) is 6.92 Å². The highest BCUT2D eigenvalue weighted by Gasteiger charge is 2.14. The Morgan fingerprint density at radius 3 is 2.18 bits per heavy atom. The molecular formula is C6H9NO2S2. The third-order valence-corrected chi connectivity index (χ3v) is 4.30. The Hall–Kier alpha value is -0.390. The lowest BCUT2D eigenvalue weighted by Crippen LogP contribution is -2.11. The van der Waals surface area contributed by atoms with E-state index in [-0.39, 0.29) is 4.21 Å². The number of aryl methyl sites for hydroxylation is 1. The van der Waals surface area contributed by atoms with Crippen LogP contribution >= 0.6 is 11.3 Å². The van der Waals surface area contributed by atoms with Gasteiger partial charge in [0.25, 0.3) is 0 Å². The molecule has 0 fully saturated rings. The van der Waals surface area contributed by atoms with Crippen LogP contribution in [-0.2, 0) is 10.0 Å². The lowest BCUT2D eigenvalue weighted by atomic mass is 10.2. The topological polar surface area (TPSA) is 60.2 Å². The highest BCUT2D eigenvalue weighted by molar-refractivity contribution is 7.91. The summed E-state index contributed by atoms with van der Waals surface area (Å²) in [5, 5.41) is 6.74. The van der Waals surface area contributed by atoms with Gasteiger partial charge < -0.3 is 0 Å². The average molecular weight is 191 g/mol. The van der Waals surface area contributed by atoms with Crippen LogP contribution in [0.4, 0.5) is 0 Å². The van der Waals surface area contributed by atoms with Gasteiger partial charge in [-0.05, 0) is 30.4 Å². The zero-order valence-corrected chi connectivity index (χ0v) is 7.92. The van der Waals surface area contributed by atoms with Crippen molar-refractivity contribution in [2.75, 3.05) is 0 Å². The second-order valence-corrected chi connectivity index (χ2v) is 5.01. The number of hydrogen-bond donors (Lipinski definition) is 1. The number of nitrogens with two attached hydrogens (primary N) is 1. The summed E-state index contributed by atoms with van der Waals surface area (Å²) in [7, 11) is -3.49. The number of hydrogen-bond acceptors (Lipinski definition) is 3. The monoisotopic (exact) mass is 191 g/mol. The summed E-state index contributed by atoms with van der Waals surface area (Å²) in [6.45, 7) is 3.62. The molecule has 0 aromatic carbocycles. The molecule has 0 saturated carbocycles. The lowest BCUT2D eigenvalue weighted by Gasteiger charge is -1.94. The third-order valence-electron chi connectivity index (χ3n) is 1.50. The predicted octanol–water partition coefficient (Wildman–Crippen LogP) is 1.01. The predicted molar refractivity (Wildman–Crippen MR) is 45.2 cm³/mol. The molecule has 0 bridgehead atoms. The van der Waals surface area contributed by atoms with Gasteiger partial charge in [-0.3, -0.25) is 0 Å². The summed E-state index contributed by atoms with van der Waals surface area (Å²) in [5.74, 6) is 0. The van der Waals surface area contributed by atoms with E-state index in [0.717, 1.165) is 11.1 Å². The van der Waals surface area contributed by atoms with Gasteiger partial charge in [-0.2, -0.15) is 0 Å². The first-order valence-electron chi connectivity index (χ1n) is 3.00. The van der Waals surface area contributed by atoms with Crippen LogP contribution < -0.4 is 5.14 Å². The van der Waals surface area contributed by atoms with Gasteiger partial charge in [-0.25, -0.2) is 13.6 Å². The van der Waals surface area contributed by atoms with Crippen LogP contribution in [0.25, 0.3) is 0 Å². The summed E-state index contributed by atoms with van der Waals surface area (Å²) in [6.07, 6.45) is 0. The van der Waals surface area contributed by atoms with Gasteiger partial charge in [0, 0.05) is 0 Å². The minimum absolute atomic E-state index is 0.273. The van der Waals surface area contributed by atoms with Crippen LogP contribution in [0.3, 0.4) is 0 Å². The molecule has 0 amide bonds. The molecule has 1 aromatic heterocycles. The Morgan fingerprint density at radius 2 is 2.00 bits per heavy atom. The van der Waals surface area contributed by atoms with Crippen molar-refractivity contribution in [3.05, 3.63) is 16.5 Å². The van der Waals surface area contributed by atoms with Gasteiger partial charge in [0.15, 0.2) is 0 Å². The van der Waals surface area contributed by atoms with Crippen LogP contribution in [0.5, 0.6) is 0 Å². The zero-order chi connectivity index (χ0) is 8.65. The first-order valence-corrected chi connectivity index (χ1v) is 5.43. The number of thiophene rings is 1. The van der Waals surface area contributed by atoms with E-state index in [1.165, 1.54) is 11.3 Å². The summed E-state index contributed by atoms with van der Waals surface area (Å²) < 4.78 is 22.0. The van der Waals surface area contributed by atoms with Crippen LogP contribution in [0.15, 0.2) is 9.59 Å².